The van der Waals surface area contributed by atoms with Crippen LogP contribution >= 0.6 is 0 Å². The van der Waals surface area contributed by atoms with Crippen molar-refractivity contribution in [3.05, 3.63) is 62.2 Å². The molecule has 2 rings (SSSR count). The summed E-state index contributed by atoms with van der Waals surface area (Å²) in [6, 6.07) is 4.43. The molecule has 1 N–H and O–H groups in total. The lowest BCUT2D eigenvalue weighted by Gasteiger charge is -2.09. The smallest absolute Gasteiger partial charge is 0.328 e. The number of methoxy groups -OCH3 is 1. The second-order valence-corrected chi connectivity index (χ2v) is 4.35. The Labute approximate surface area is 114 Å². The average molecular weight is 278 g/mol. The molecule has 0 saturated carbocycles. The molecule has 2 aromatic rings. The number of aryl methyl sites for hydroxylation is 1. The van der Waals surface area contributed by atoms with E-state index in [4.69, 9.17) is 4.74 Å². The van der Waals surface area contributed by atoms with E-state index in [1.165, 1.54) is 23.9 Å². The highest BCUT2D eigenvalue weighted by Crippen LogP contribution is 2.16. The van der Waals surface area contributed by atoms with Crippen molar-refractivity contribution in [2.75, 3.05) is 7.11 Å². The van der Waals surface area contributed by atoms with E-state index in [1.807, 2.05) is 6.92 Å². The largest absolute Gasteiger partial charge is 0.497 e. The van der Waals surface area contributed by atoms with Gasteiger partial charge in [0.15, 0.2) is 0 Å². The maximum absolute atomic E-state index is 13.8. The molecule has 0 aliphatic heterocycles. The second kappa shape index (κ2) is 5.73. The van der Waals surface area contributed by atoms with Crippen molar-refractivity contribution in [1.82, 2.24) is 9.55 Å². The van der Waals surface area contributed by atoms with Gasteiger partial charge in [0.1, 0.15) is 11.6 Å². The van der Waals surface area contributed by atoms with Gasteiger partial charge in [-0.05, 0) is 12.5 Å². The summed E-state index contributed by atoms with van der Waals surface area (Å²) in [6.45, 7) is 1.87. The van der Waals surface area contributed by atoms with Gasteiger partial charge in [0.25, 0.3) is 5.56 Å². The number of halogens is 1. The molecular formula is C14H15FN2O3. The standard InChI is InChI=1S/C14H15FN2O3/c1-3-9-7-17(14(19)16-13(9)18)8-10-4-5-11(20-2)6-12(10)15/h4-7H,3,8H2,1-2H3,(H,16,18,19). The van der Waals surface area contributed by atoms with Gasteiger partial charge in [-0.2, -0.15) is 0 Å². The second-order valence-electron chi connectivity index (χ2n) is 4.35. The zero-order valence-corrected chi connectivity index (χ0v) is 11.3. The van der Waals surface area contributed by atoms with Gasteiger partial charge in [-0.1, -0.05) is 13.0 Å². The fourth-order valence-electron chi connectivity index (χ4n) is 1.89. The van der Waals surface area contributed by atoms with Crippen molar-refractivity contribution in [2.24, 2.45) is 0 Å². The molecule has 6 heteroatoms. The number of rotatable bonds is 4. The third-order valence-electron chi connectivity index (χ3n) is 3.07. The highest BCUT2D eigenvalue weighted by molar-refractivity contribution is 5.29. The predicted octanol–water partition coefficient (Wildman–Crippen LogP) is 1.29. The van der Waals surface area contributed by atoms with Crippen LogP contribution in [0, 0.1) is 5.82 Å². The van der Waals surface area contributed by atoms with E-state index < -0.39 is 17.1 Å². The molecule has 1 aromatic heterocycles. The molecule has 0 atom stereocenters. The minimum atomic E-state index is -0.553. The number of aromatic nitrogens is 2. The summed E-state index contributed by atoms with van der Waals surface area (Å²) in [6.07, 6.45) is 1.96. The van der Waals surface area contributed by atoms with Gasteiger partial charge < -0.3 is 4.74 Å². The molecule has 0 radical (unpaired) electrons. The molecule has 0 aliphatic carbocycles. The Kier molecular flexibility index (Phi) is 4.02. The van der Waals surface area contributed by atoms with Crippen LogP contribution in [0.3, 0.4) is 0 Å². The minimum absolute atomic E-state index is 0.0540. The van der Waals surface area contributed by atoms with E-state index in [2.05, 4.69) is 4.98 Å². The monoisotopic (exact) mass is 278 g/mol. The molecule has 0 bridgehead atoms. The molecule has 0 aliphatic rings. The Hall–Kier alpha value is -2.37. The van der Waals surface area contributed by atoms with Crippen LogP contribution < -0.4 is 16.0 Å². The van der Waals surface area contributed by atoms with E-state index in [0.717, 1.165) is 0 Å². The molecule has 0 fully saturated rings. The highest BCUT2D eigenvalue weighted by atomic mass is 19.1. The molecule has 0 unspecified atom stereocenters. The highest BCUT2D eigenvalue weighted by Gasteiger charge is 2.08. The summed E-state index contributed by atoms with van der Waals surface area (Å²) in [7, 11) is 1.45. The summed E-state index contributed by atoms with van der Waals surface area (Å²) in [5.74, 6) is -0.0465. The lowest BCUT2D eigenvalue weighted by molar-refractivity contribution is 0.410. The third-order valence-corrected chi connectivity index (χ3v) is 3.07. The summed E-state index contributed by atoms with van der Waals surface area (Å²) in [5, 5.41) is 0. The number of H-pyrrole nitrogens is 1. The SMILES string of the molecule is CCc1cn(Cc2ccc(OC)cc2F)c(=O)[nH]c1=O. The van der Waals surface area contributed by atoms with E-state index in [-0.39, 0.29) is 6.54 Å². The van der Waals surface area contributed by atoms with Crippen LogP contribution in [0.1, 0.15) is 18.1 Å². The Morgan fingerprint density at radius 1 is 1.30 bits per heavy atom. The maximum atomic E-state index is 13.8. The molecule has 1 heterocycles. The molecule has 0 saturated heterocycles. The lowest BCUT2D eigenvalue weighted by atomic mass is 10.2. The Bertz CT molecular complexity index is 734. The summed E-state index contributed by atoms with van der Waals surface area (Å²) in [4.78, 5) is 25.4. The summed E-state index contributed by atoms with van der Waals surface area (Å²) >= 11 is 0. The minimum Gasteiger partial charge on any atom is -0.497 e. The van der Waals surface area contributed by atoms with E-state index in [9.17, 15) is 14.0 Å². The molecule has 1 aromatic carbocycles. The number of hydrogen-bond donors (Lipinski definition) is 1. The maximum Gasteiger partial charge on any atom is 0.328 e. The zero-order chi connectivity index (χ0) is 14.7. The summed E-state index contributed by atoms with van der Waals surface area (Å²) in [5.41, 5.74) is -0.119. The van der Waals surface area contributed by atoms with Crippen LogP contribution in [0.5, 0.6) is 5.75 Å². The van der Waals surface area contributed by atoms with Crippen molar-refractivity contribution in [2.45, 2.75) is 19.9 Å². The Balaban J connectivity index is 2.40. The van der Waals surface area contributed by atoms with Gasteiger partial charge in [0.2, 0.25) is 0 Å². The fourth-order valence-corrected chi connectivity index (χ4v) is 1.89. The predicted molar refractivity (Wildman–Crippen MR) is 72.8 cm³/mol. The number of ether oxygens (including phenoxy) is 1. The zero-order valence-electron chi connectivity index (χ0n) is 11.3. The Morgan fingerprint density at radius 2 is 2.05 bits per heavy atom. The molecule has 0 amide bonds. The van der Waals surface area contributed by atoms with Crippen molar-refractivity contribution in [1.29, 1.82) is 0 Å². The third kappa shape index (κ3) is 2.79. The number of aromatic amines is 1. The lowest BCUT2D eigenvalue weighted by Crippen LogP contribution is -2.32. The van der Waals surface area contributed by atoms with Crippen LogP contribution in [0.25, 0.3) is 0 Å². The number of benzene rings is 1. The van der Waals surface area contributed by atoms with Crippen molar-refractivity contribution in [3.63, 3.8) is 0 Å². The van der Waals surface area contributed by atoms with E-state index >= 15 is 0 Å². The quantitative estimate of drug-likeness (QED) is 0.916. The van der Waals surface area contributed by atoms with Crippen LogP contribution in [-0.2, 0) is 13.0 Å². The van der Waals surface area contributed by atoms with Gasteiger partial charge in [0.05, 0.1) is 13.7 Å². The fraction of sp³-hybridized carbons (Fsp3) is 0.286. The first-order valence-corrected chi connectivity index (χ1v) is 6.20. The van der Waals surface area contributed by atoms with Crippen molar-refractivity contribution >= 4 is 0 Å². The van der Waals surface area contributed by atoms with Crippen LogP contribution in [-0.4, -0.2) is 16.7 Å². The van der Waals surface area contributed by atoms with Crippen LogP contribution in [0.4, 0.5) is 4.39 Å². The summed E-state index contributed by atoms with van der Waals surface area (Å²) < 4.78 is 20.1. The van der Waals surface area contributed by atoms with Crippen LogP contribution in [0.2, 0.25) is 0 Å². The van der Waals surface area contributed by atoms with E-state index in [1.54, 1.807) is 12.1 Å². The molecular weight excluding hydrogens is 263 g/mol. The van der Waals surface area contributed by atoms with Gasteiger partial charge >= 0.3 is 5.69 Å². The van der Waals surface area contributed by atoms with Crippen molar-refractivity contribution in [3.8, 4) is 5.75 Å². The van der Waals surface area contributed by atoms with Gasteiger partial charge in [0, 0.05) is 23.4 Å². The average Bonchev–Trinajstić information content (AvgIpc) is 2.43. The number of nitrogens with zero attached hydrogens (tertiary/aromatic N) is 1. The normalized spacial score (nSPS) is 10.6. The van der Waals surface area contributed by atoms with Gasteiger partial charge in [-0.25, -0.2) is 9.18 Å². The first-order valence-electron chi connectivity index (χ1n) is 6.20. The first kappa shape index (κ1) is 14.0. The first-order chi connectivity index (χ1) is 9.55. The molecule has 106 valence electrons. The number of nitrogens with one attached hydrogen (secondary N) is 1. The molecule has 0 spiro atoms. The topological polar surface area (TPSA) is 64.1 Å². The van der Waals surface area contributed by atoms with Crippen molar-refractivity contribution < 1.29 is 9.13 Å². The van der Waals surface area contributed by atoms with Gasteiger partial charge in [-0.3, -0.25) is 14.3 Å². The van der Waals surface area contributed by atoms with Crippen LogP contribution in [0.15, 0.2) is 34.0 Å². The number of hydrogen-bond acceptors (Lipinski definition) is 3. The van der Waals surface area contributed by atoms with E-state index in [0.29, 0.717) is 23.3 Å². The molecule has 5 nitrogen and oxygen atoms in total. The van der Waals surface area contributed by atoms with Gasteiger partial charge in [-0.15, -0.1) is 0 Å². The molecule has 20 heavy (non-hydrogen) atoms. The Morgan fingerprint density at radius 3 is 2.65 bits per heavy atom.